The summed E-state index contributed by atoms with van der Waals surface area (Å²) in [6, 6.07) is 5.77. The second-order valence-corrected chi connectivity index (χ2v) is 3.29. The lowest BCUT2D eigenvalue weighted by atomic mass is 10.1. The third kappa shape index (κ3) is 1.46. The van der Waals surface area contributed by atoms with Gasteiger partial charge in [0.05, 0.1) is 17.6 Å². The van der Waals surface area contributed by atoms with Gasteiger partial charge in [-0.05, 0) is 18.6 Å². The van der Waals surface area contributed by atoms with Crippen molar-refractivity contribution in [2.24, 2.45) is 0 Å². The van der Waals surface area contributed by atoms with Crippen molar-refractivity contribution in [1.29, 1.82) is 0 Å². The van der Waals surface area contributed by atoms with Crippen molar-refractivity contribution >= 4 is 16.9 Å². The number of aromatic nitrogens is 2. The Kier molecular flexibility index (Phi) is 1.96. The van der Waals surface area contributed by atoms with E-state index in [2.05, 4.69) is 10.2 Å². The molecule has 0 fully saturated rings. The fourth-order valence-electron chi connectivity index (χ4n) is 1.46. The molecule has 0 radical (unpaired) electrons. The van der Waals surface area contributed by atoms with Gasteiger partial charge in [-0.25, -0.2) is 0 Å². The maximum absolute atomic E-state index is 10.5. The first-order chi connectivity index (χ1) is 6.66. The number of hydrogen-bond acceptors (Lipinski definition) is 2. The van der Waals surface area contributed by atoms with Crippen LogP contribution < -0.4 is 0 Å². The topological polar surface area (TPSA) is 66.0 Å². The van der Waals surface area contributed by atoms with Crippen molar-refractivity contribution in [1.82, 2.24) is 10.2 Å². The molecule has 14 heavy (non-hydrogen) atoms. The predicted octanol–water partition coefficient (Wildman–Crippen LogP) is 1.50. The van der Waals surface area contributed by atoms with Crippen molar-refractivity contribution < 1.29 is 9.90 Å². The number of hydrogen-bond donors (Lipinski definition) is 2. The van der Waals surface area contributed by atoms with Crippen molar-refractivity contribution in [2.45, 2.75) is 13.3 Å². The summed E-state index contributed by atoms with van der Waals surface area (Å²) in [4.78, 5) is 10.5. The molecule has 2 aromatic rings. The number of aliphatic carboxylic acids is 1. The minimum Gasteiger partial charge on any atom is -0.481 e. The normalized spacial score (nSPS) is 10.6. The number of rotatable bonds is 2. The highest BCUT2D eigenvalue weighted by atomic mass is 16.4. The molecule has 0 spiro atoms. The molecule has 4 heteroatoms. The fourth-order valence-corrected chi connectivity index (χ4v) is 1.46. The summed E-state index contributed by atoms with van der Waals surface area (Å²) in [5, 5.41) is 16.3. The molecule has 0 atom stereocenters. The van der Waals surface area contributed by atoms with Gasteiger partial charge in [0.2, 0.25) is 0 Å². The molecule has 0 aliphatic rings. The van der Waals surface area contributed by atoms with Crippen molar-refractivity contribution in [3.8, 4) is 0 Å². The summed E-state index contributed by atoms with van der Waals surface area (Å²) < 4.78 is 0. The van der Waals surface area contributed by atoms with Crippen LogP contribution in [0.15, 0.2) is 18.2 Å². The Morgan fingerprint density at radius 2 is 2.36 bits per heavy atom. The predicted molar refractivity (Wildman–Crippen MR) is 52.2 cm³/mol. The second-order valence-electron chi connectivity index (χ2n) is 3.29. The van der Waals surface area contributed by atoms with Gasteiger partial charge < -0.3 is 5.11 Å². The largest absolute Gasteiger partial charge is 0.481 e. The molecule has 1 aromatic carbocycles. The van der Waals surface area contributed by atoms with Crippen LogP contribution in [0, 0.1) is 6.92 Å². The molecule has 2 rings (SSSR count). The summed E-state index contributed by atoms with van der Waals surface area (Å²) >= 11 is 0. The van der Waals surface area contributed by atoms with Crippen molar-refractivity contribution in [2.75, 3.05) is 0 Å². The molecule has 72 valence electrons. The monoisotopic (exact) mass is 190 g/mol. The number of carbonyl (C=O) groups is 1. The molecule has 0 saturated heterocycles. The van der Waals surface area contributed by atoms with Gasteiger partial charge in [-0.2, -0.15) is 5.10 Å². The highest BCUT2D eigenvalue weighted by Gasteiger charge is 2.08. The summed E-state index contributed by atoms with van der Waals surface area (Å²) in [6.45, 7) is 1.98. The third-order valence-electron chi connectivity index (χ3n) is 2.12. The van der Waals surface area contributed by atoms with E-state index >= 15 is 0 Å². The lowest BCUT2D eigenvalue weighted by Gasteiger charge is -1.94. The maximum atomic E-state index is 10.5. The van der Waals surface area contributed by atoms with Crippen molar-refractivity contribution in [3.05, 3.63) is 29.5 Å². The Labute approximate surface area is 80.6 Å². The summed E-state index contributed by atoms with van der Waals surface area (Å²) in [6.07, 6.45) is -0.0143. The van der Waals surface area contributed by atoms with Crippen LogP contribution in [-0.4, -0.2) is 21.3 Å². The van der Waals surface area contributed by atoms with E-state index in [-0.39, 0.29) is 6.42 Å². The van der Waals surface area contributed by atoms with Crippen molar-refractivity contribution in [3.63, 3.8) is 0 Å². The lowest BCUT2D eigenvalue weighted by Crippen LogP contribution is -2.00. The van der Waals surface area contributed by atoms with Gasteiger partial charge in [-0.1, -0.05) is 12.1 Å². The first kappa shape index (κ1) is 8.74. The third-order valence-corrected chi connectivity index (χ3v) is 2.12. The van der Waals surface area contributed by atoms with E-state index in [1.165, 1.54) is 0 Å². The number of carboxylic acids is 1. The SMILES string of the molecule is Cc1ccc2c(CC(=O)O)[nH]nc2c1. The number of H-pyrrole nitrogens is 1. The number of aryl methyl sites for hydroxylation is 1. The zero-order chi connectivity index (χ0) is 10.1. The van der Waals surface area contributed by atoms with Crippen LogP contribution in [0.25, 0.3) is 10.9 Å². The van der Waals surface area contributed by atoms with E-state index in [9.17, 15) is 4.79 Å². The molecule has 0 aliphatic carbocycles. The number of nitrogens with one attached hydrogen (secondary N) is 1. The van der Waals surface area contributed by atoms with Crippen LogP contribution in [0.5, 0.6) is 0 Å². The molecular formula is C10H10N2O2. The molecule has 0 aliphatic heterocycles. The number of nitrogens with zero attached hydrogens (tertiary/aromatic N) is 1. The second kappa shape index (κ2) is 3.14. The fraction of sp³-hybridized carbons (Fsp3) is 0.200. The molecule has 2 N–H and O–H groups in total. The minimum atomic E-state index is -0.851. The quantitative estimate of drug-likeness (QED) is 0.754. The number of fused-ring (bicyclic) bond motifs is 1. The molecule has 1 heterocycles. The molecule has 0 bridgehead atoms. The van der Waals surface area contributed by atoms with Crippen LogP contribution >= 0.6 is 0 Å². The van der Waals surface area contributed by atoms with Gasteiger partial charge >= 0.3 is 5.97 Å². The summed E-state index contributed by atoms with van der Waals surface area (Å²) in [5.41, 5.74) is 2.60. The Morgan fingerprint density at radius 3 is 3.07 bits per heavy atom. The van der Waals surface area contributed by atoms with E-state index in [0.29, 0.717) is 5.69 Å². The first-order valence-corrected chi connectivity index (χ1v) is 4.32. The Balaban J connectivity index is 2.52. The Bertz CT molecular complexity index is 488. The van der Waals surface area contributed by atoms with Gasteiger partial charge in [0, 0.05) is 5.39 Å². The molecule has 0 unspecified atom stereocenters. The molecule has 0 amide bonds. The van der Waals surface area contributed by atoms with Crippen LogP contribution in [0.2, 0.25) is 0 Å². The minimum absolute atomic E-state index is 0.0143. The average Bonchev–Trinajstić information content (AvgIpc) is 2.47. The van der Waals surface area contributed by atoms with Gasteiger partial charge in [-0.3, -0.25) is 9.89 Å². The molecule has 4 nitrogen and oxygen atoms in total. The highest BCUT2D eigenvalue weighted by molar-refractivity contribution is 5.85. The smallest absolute Gasteiger partial charge is 0.309 e. The summed E-state index contributed by atoms with van der Waals surface area (Å²) in [7, 11) is 0. The standard InChI is InChI=1S/C10H10N2O2/c1-6-2-3-7-8(4-6)11-12-9(7)5-10(13)14/h2-4H,5H2,1H3,(H,11,12)(H,13,14). The number of carboxylic acid groups (broad SMARTS) is 1. The number of aromatic amines is 1. The van der Waals surface area contributed by atoms with Crippen LogP contribution in [0.1, 0.15) is 11.3 Å². The Hall–Kier alpha value is -1.84. The van der Waals surface area contributed by atoms with Crippen LogP contribution in [-0.2, 0) is 11.2 Å². The zero-order valence-corrected chi connectivity index (χ0v) is 7.74. The molecule has 1 aromatic heterocycles. The summed E-state index contributed by atoms with van der Waals surface area (Å²) in [5.74, 6) is -0.851. The molecule has 0 saturated carbocycles. The van der Waals surface area contributed by atoms with E-state index < -0.39 is 5.97 Å². The Morgan fingerprint density at radius 1 is 1.57 bits per heavy atom. The van der Waals surface area contributed by atoms with E-state index in [1.54, 1.807) is 0 Å². The van der Waals surface area contributed by atoms with E-state index in [0.717, 1.165) is 16.5 Å². The molecular weight excluding hydrogens is 180 g/mol. The van der Waals surface area contributed by atoms with Gasteiger partial charge in [0.1, 0.15) is 0 Å². The average molecular weight is 190 g/mol. The lowest BCUT2D eigenvalue weighted by molar-refractivity contribution is -0.136. The van der Waals surface area contributed by atoms with Crippen LogP contribution in [0.4, 0.5) is 0 Å². The number of benzene rings is 1. The van der Waals surface area contributed by atoms with E-state index in [4.69, 9.17) is 5.11 Å². The van der Waals surface area contributed by atoms with Gasteiger partial charge in [-0.15, -0.1) is 0 Å². The highest BCUT2D eigenvalue weighted by Crippen LogP contribution is 2.17. The zero-order valence-electron chi connectivity index (χ0n) is 7.74. The first-order valence-electron chi connectivity index (χ1n) is 4.32. The van der Waals surface area contributed by atoms with Gasteiger partial charge in [0.25, 0.3) is 0 Å². The van der Waals surface area contributed by atoms with Gasteiger partial charge in [0.15, 0.2) is 0 Å². The van der Waals surface area contributed by atoms with Crippen LogP contribution in [0.3, 0.4) is 0 Å². The van der Waals surface area contributed by atoms with E-state index in [1.807, 2.05) is 25.1 Å². The maximum Gasteiger partial charge on any atom is 0.309 e.